The highest BCUT2D eigenvalue weighted by Crippen LogP contribution is 2.09. The Kier molecular flexibility index (Phi) is 5.49. The van der Waals surface area contributed by atoms with Crippen LogP contribution in [0.2, 0.25) is 0 Å². The van der Waals surface area contributed by atoms with Crippen molar-refractivity contribution >= 4 is 0 Å². The Hall–Kier alpha value is -0.0800. The molecule has 1 heterocycles. The Morgan fingerprint density at radius 2 is 2.21 bits per heavy atom. The van der Waals surface area contributed by atoms with Gasteiger partial charge in [-0.3, -0.25) is 0 Å². The van der Waals surface area contributed by atoms with Crippen LogP contribution in [0.15, 0.2) is 0 Å². The van der Waals surface area contributed by atoms with Gasteiger partial charge in [-0.2, -0.15) is 0 Å². The van der Waals surface area contributed by atoms with Crippen molar-refractivity contribution in [2.45, 2.75) is 46.1 Å². The van der Waals surface area contributed by atoms with Gasteiger partial charge in [-0.25, -0.2) is 0 Å². The largest absolute Gasteiger partial charge is 0.313 e. The van der Waals surface area contributed by atoms with Crippen molar-refractivity contribution in [2.24, 2.45) is 5.92 Å². The van der Waals surface area contributed by atoms with E-state index in [1.54, 1.807) is 0 Å². The number of likely N-dealkylation sites (N-methyl/N-ethyl adjacent to an activating group) is 1. The molecule has 1 rings (SSSR count). The molecule has 1 N–H and O–H groups in total. The quantitative estimate of drug-likeness (QED) is 0.703. The van der Waals surface area contributed by atoms with Crippen LogP contribution in [0, 0.1) is 5.92 Å². The van der Waals surface area contributed by atoms with Crippen LogP contribution in [-0.4, -0.2) is 37.1 Å². The molecule has 84 valence electrons. The second-order valence-corrected chi connectivity index (χ2v) is 4.66. The number of hydrogen-bond acceptors (Lipinski definition) is 2. The van der Waals surface area contributed by atoms with Gasteiger partial charge in [-0.15, -0.1) is 0 Å². The van der Waals surface area contributed by atoms with Crippen molar-refractivity contribution < 1.29 is 0 Å². The molecule has 0 aromatic rings. The number of nitrogens with one attached hydrogen (secondary N) is 1. The van der Waals surface area contributed by atoms with Crippen LogP contribution in [0.1, 0.15) is 40.0 Å². The monoisotopic (exact) mass is 198 g/mol. The molecular formula is C12H26N2. The van der Waals surface area contributed by atoms with Crippen molar-refractivity contribution in [1.82, 2.24) is 10.2 Å². The van der Waals surface area contributed by atoms with Crippen molar-refractivity contribution in [3.63, 3.8) is 0 Å². The van der Waals surface area contributed by atoms with Gasteiger partial charge < -0.3 is 10.2 Å². The van der Waals surface area contributed by atoms with Crippen molar-refractivity contribution in [3.8, 4) is 0 Å². The normalized spacial score (nSPS) is 24.4. The zero-order valence-corrected chi connectivity index (χ0v) is 10.1. The van der Waals surface area contributed by atoms with Crippen LogP contribution in [0.25, 0.3) is 0 Å². The van der Waals surface area contributed by atoms with Crippen LogP contribution in [-0.2, 0) is 0 Å². The zero-order valence-electron chi connectivity index (χ0n) is 10.1. The highest BCUT2D eigenvalue weighted by atomic mass is 15.1. The molecule has 0 spiro atoms. The zero-order chi connectivity index (χ0) is 10.4. The Balaban J connectivity index is 2.22. The third-order valence-electron chi connectivity index (χ3n) is 3.35. The molecule has 1 saturated heterocycles. The molecule has 1 unspecified atom stereocenters. The summed E-state index contributed by atoms with van der Waals surface area (Å²) in [6, 6.07) is 0.763. The van der Waals surface area contributed by atoms with Gasteiger partial charge in [0, 0.05) is 19.1 Å². The van der Waals surface area contributed by atoms with E-state index in [1.807, 2.05) is 0 Å². The van der Waals surface area contributed by atoms with Gasteiger partial charge in [-0.05, 0) is 31.8 Å². The van der Waals surface area contributed by atoms with Crippen molar-refractivity contribution in [2.75, 3.05) is 26.2 Å². The lowest BCUT2D eigenvalue weighted by Gasteiger charge is -2.26. The summed E-state index contributed by atoms with van der Waals surface area (Å²) < 4.78 is 0. The SMILES string of the molecule is CCC(C)CN(CC)C[C@H]1CCCN1. The third kappa shape index (κ3) is 3.97. The van der Waals surface area contributed by atoms with Crippen LogP contribution < -0.4 is 5.32 Å². The van der Waals surface area contributed by atoms with E-state index in [1.165, 1.54) is 45.4 Å². The van der Waals surface area contributed by atoms with E-state index in [0.29, 0.717) is 0 Å². The first-order valence-corrected chi connectivity index (χ1v) is 6.22. The lowest BCUT2D eigenvalue weighted by atomic mass is 10.1. The molecule has 0 radical (unpaired) electrons. The van der Waals surface area contributed by atoms with E-state index in [9.17, 15) is 0 Å². The summed E-state index contributed by atoms with van der Waals surface area (Å²) in [5.74, 6) is 0.844. The molecule has 0 aromatic heterocycles. The first-order chi connectivity index (χ1) is 6.76. The minimum absolute atomic E-state index is 0.763. The van der Waals surface area contributed by atoms with Crippen LogP contribution in [0.4, 0.5) is 0 Å². The standard InChI is InChI=1S/C12H26N2/c1-4-11(3)9-14(5-2)10-12-7-6-8-13-12/h11-13H,4-10H2,1-3H3/t11?,12-/m1/s1. The smallest absolute Gasteiger partial charge is 0.0195 e. The first kappa shape index (κ1) is 12.0. The predicted octanol–water partition coefficient (Wildman–Crippen LogP) is 2.11. The minimum atomic E-state index is 0.763. The van der Waals surface area contributed by atoms with E-state index in [-0.39, 0.29) is 0 Å². The maximum absolute atomic E-state index is 3.57. The van der Waals surface area contributed by atoms with Gasteiger partial charge in [0.05, 0.1) is 0 Å². The molecule has 0 bridgehead atoms. The van der Waals surface area contributed by atoms with Crippen molar-refractivity contribution in [1.29, 1.82) is 0 Å². The summed E-state index contributed by atoms with van der Waals surface area (Å²) in [5, 5.41) is 3.57. The average molecular weight is 198 g/mol. The number of hydrogen-bond donors (Lipinski definition) is 1. The lowest BCUT2D eigenvalue weighted by Crippen LogP contribution is -2.39. The minimum Gasteiger partial charge on any atom is -0.313 e. The molecule has 2 atom stereocenters. The van der Waals surface area contributed by atoms with E-state index in [4.69, 9.17) is 0 Å². The van der Waals surface area contributed by atoms with Gasteiger partial charge in [0.15, 0.2) is 0 Å². The van der Waals surface area contributed by atoms with E-state index in [2.05, 4.69) is 31.0 Å². The second kappa shape index (κ2) is 6.41. The fourth-order valence-corrected chi connectivity index (χ4v) is 2.13. The van der Waals surface area contributed by atoms with Gasteiger partial charge >= 0.3 is 0 Å². The predicted molar refractivity (Wildman–Crippen MR) is 62.6 cm³/mol. The van der Waals surface area contributed by atoms with Crippen LogP contribution in [0.3, 0.4) is 0 Å². The Morgan fingerprint density at radius 3 is 2.71 bits per heavy atom. The molecule has 0 amide bonds. The fraction of sp³-hybridized carbons (Fsp3) is 1.00. The molecule has 0 saturated carbocycles. The van der Waals surface area contributed by atoms with E-state index >= 15 is 0 Å². The number of rotatable bonds is 6. The van der Waals surface area contributed by atoms with E-state index in [0.717, 1.165) is 12.0 Å². The highest BCUT2D eigenvalue weighted by Gasteiger charge is 2.17. The van der Waals surface area contributed by atoms with E-state index < -0.39 is 0 Å². The second-order valence-electron chi connectivity index (χ2n) is 4.66. The average Bonchev–Trinajstić information content (AvgIpc) is 2.69. The first-order valence-electron chi connectivity index (χ1n) is 6.22. The summed E-state index contributed by atoms with van der Waals surface area (Å²) in [4.78, 5) is 2.59. The number of nitrogens with zero attached hydrogens (tertiary/aromatic N) is 1. The molecule has 2 nitrogen and oxygen atoms in total. The fourth-order valence-electron chi connectivity index (χ4n) is 2.13. The summed E-state index contributed by atoms with van der Waals surface area (Å²) in [5.41, 5.74) is 0. The van der Waals surface area contributed by atoms with Gasteiger partial charge in [0.2, 0.25) is 0 Å². The molecule has 2 heteroatoms. The lowest BCUT2D eigenvalue weighted by molar-refractivity contribution is 0.226. The molecule has 0 aliphatic carbocycles. The molecule has 0 aromatic carbocycles. The maximum atomic E-state index is 3.57. The van der Waals surface area contributed by atoms with Crippen LogP contribution in [0.5, 0.6) is 0 Å². The summed E-state index contributed by atoms with van der Waals surface area (Å²) in [7, 11) is 0. The van der Waals surface area contributed by atoms with Crippen LogP contribution >= 0.6 is 0 Å². The van der Waals surface area contributed by atoms with Gasteiger partial charge in [-0.1, -0.05) is 27.2 Å². The molecule has 1 aliphatic rings. The third-order valence-corrected chi connectivity index (χ3v) is 3.35. The summed E-state index contributed by atoms with van der Waals surface area (Å²) in [6.45, 7) is 11.9. The molecular weight excluding hydrogens is 172 g/mol. The van der Waals surface area contributed by atoms with Crippen molar-refractivity contribution in [3.05, 3.63) is 0 Å². The Bertz CT molecular complexity index is 141. The molecule has 1 aliphatic heterocycles. The maximum Gasteiger partial charge on any atom is 0.0195 e. The van der Waals surface area contributed by atoms with Gasteiger partial charge in [0.1, 0.15) is 0 Å². The Labute approximate surface area is 89.1 Å². The highest BCUT2D eigenvalue weighted by molar-refractivity contribution is 4.78. The summed E-state index contributed by atoms with van der Waals surface area (Å²) in [6.07, 6.45) is 4.04. The molecule has 1 fully saturated rings. The van der Waals surface area contributed by atoms with Gasteiger partial charge in [0.25, 0.3) is 0 Å². The Morgan fingerprint density at radius 1 is 1.43 bits per heavy atom. The topological polar surface area (TPSA) is 15.3 Å². The molecule has 14 heavy (non-hydrogen) atoms. The summed E-state index contributed by atoms with van der Waals surface area (Å²) >= 11 is 0.